The Kier molecular flexibility index (Phi) is 3.72. The van der Waals surface area contributed by atoms with Crippen LogP contribution in [-0.2, 0) is 0 Å². The minimum absolute atomic E-state index is 0.154. The molecule has 1 heterocycles. The third-order valence-corrected chi connectivity index (χ3v) is 1.73. The van der Waals surface area contributed by atoms with Crippen molar-refractivity contribution in [2.75, 3.05) is 0 Å². The third kappa shape index (κ3) is 2.72. The highest BCUT2D eigenvalue weighted by molar-refractivity contribution is 5.76. The van der Waals surface area contributed by atoms with Crippen molar-refractivity contribution in [3.8, 4) is 12.3 Å². The zero-order valence-electron chi connectivity index (χ0n) is 7.64. The first-order chi connectivity index (χ1) is 6.38. The Morgan fingerprint density at radius 1 is 1.69 bits per heavy atom. The fourth-order valence-corrected chi connectivity index (χ4v) is 1.05. The molecule has 0 aliphatic carbocycles. The minimum Gasteiger partial charge on any atom is -0.253 e. The molecule has 0 bridgehead atoms. The average molecular weight is 172 g/mol. The SMILES string of the molecule is C#CC1N=CN=CC/C1=C/C=C\C. The first-order valence-electron chi connectivity index (χ1n) is 4.19. The van der Waals surface area contributed by atoms with E-state index in [-0.39, 0.29) is 6.04 Å². The van der Waals surface area contributed by atoms with Crippen molar-refractivity contribution in [1.29, 1.82) is 0 Å². The van der Waals surface area contributed by atoms with Crippen molar-refractivity contribution in [2.24, 2.45) is 9.98 Å². The monoisotopic (exact) mass is 172 g/mol. The second-order valence-electron chi connectivity index (χ2n) is 2.64. The van der Waals surface area contributed by atoms with Gasteiger partial charge in [-0.3, -0.25) is 4.99 Å². The van der Waals surface area contributed by atoms with Gasteiger partial charge >= 0.3 is 0 Å². The van der Waals surface area contributed by atoms with Crippen LogP contribution in [0.3, 0.4) is 0 Å². The van der Waals surface area contributed by atoms with Gasteiger partial charge in [0.25, 0.3) is 0 Å². The highest BCUT2D eigenvalue weighted by atomic mass is 14.9. The zero-order chi connectivity index (χ0) is 9.52. The molecule has 0 radical (unpaired) electrons. The van der Waals surface area contributed by atoms with E-state index in [9.17, 15) is 0 Å². The number of hydrogen-bond acceptors (Lipinski definition) is 2. The molecule has 1 atom stereocenters. The molecule has 1 rings (SSSR count). The van der Waals surface area contributed by atoms with Gasteiger partial charge in [0.2, 0.25) is 0 Å². The Balaban J connectivity index is 2.86. The summed E-state index contributed by atoms with van der Waals surface area (Å²) in [6.45, 7) is 1.97. The van der Waals surface area contributed by atoms with Crippen LogP contribution in [0.1, 0.15) is 13.3 Å². The van der Waals surface area contributed by atoms with E-state index >= 15 is 0 Å². The van der Waals surface area contributed by atoms with Crippen LogP contribution in [0.15, 0.2) is 33.8 Å². The van der Waals surface area contributed by atoms with Gasteiger partial charge in [-0.15, -0.1) is 6.42 Å². The minimum atomic E-state index is -0.154. The van der Waals surface area contributed by atoms with Crippen LogP contribution in [0.5, 0.6) is 0 Å². The highest BCUT2D eigenvalue weighted by Gasteiger charge is 2.08. The Bertz CT molecular complexity index is 313. The molecule has 0 N–H and O–H groups in total. The summed E-state index contributed by atoms with van der Waals surface area (Å²) in [5.41, 5.74) is 1.11. The smallest absolute Gasteiger partial charge is 0.133 e. The molecular formula is C11H12N2. The van der Waals surface area contributed by atoms with Gasteiger partial charge < -0.3 is 0 Å². The number of aliphatic imine (C=N–C) groups is 2. The molecule has 0 aromatic carbocycles. The summed E-state index contributed by atoms with van der Waals surface area (Å²) < 4.78 is 0. The van der Waals surface area contributed by atoms with Crippen LogP contribution < -0.4 is 0 Å². The van der Waals surface area contributed by atoms with Crippen molar-refractivity contribution in [1.82, 2.24) is 0 Å². The molecule has 0 aromatic rings. The van der Waals surface area contributed by atoms with E-state index in [1.807, 2.05) is 31.4 Å². The van der Waals surface area contributed by atoms with Gasteiger partial charge in [0.05, 0.1) is 0 Å². The lowest BCUT2D eigenvalue weighted by molar-refractivity contribution is 0.970. The molecular weight excluding hydrogens is 160 g/mol. The predicted molar refractivity (Wildman–Crippen MR) is 57.1 cm³/mol. The van der Waals surface area contributed by atoms with Gasteiger partial charge in [0.15, 0.2) is 0 Å². The molecule has 1 aliphatic heterocycles. The molecule has 1 aliphatic rings. The molecule has 0 spiro atoms. The van der Waals surface area contributed by atoms with Crippen LogP contribution in [0.25, 0.3) is 0 Å². The van der Waals surface area contributed by atoms with Crippen LogP contribution >= 0.6 is 0 Å². The maximum absolute atomic E-state index is 5.35. The highest BCUT2D eigenvalue weighted by Crippen LogP contribution is 2.11. The first-order valence-corrected chi connectivity index (χ1v) is 4.19. The molecule has 2 heteroatoms. The lowest BCUT2D eigenvalue weighted by atomic mass is 10.1. The van der Waals surface area contributed by atoms with Crippen molar-refractivity contribution in [3.63, 3.8) is 0 Å². The number of rotatable bonds is 1. The van der Waals surface area contributed by atoms with Gasteiger partial charge in [-0.05, 0) is 12.5 Å². The molecule has 2 nitrogen and oxygen atoms in total. The number of terminal acetylenes is 1. The van der Waals surface area contributed by atoms with E-state index in [0.29, 0.717) is 0 Å². The molecule has 0 aromatic heterocycles. The van der Waals surface area contributed by atoms with Crippen LogP contribution in [-0.4, -0.2) is 18.6 Å². The van der Waals surface area contributed by atoms with Gasteiger partial charge in [0.1, 0.15) is 12.4 Å². The zero-order valence-corrected chi connectivity index (χ0v) is 7.64. The Hall–Kier alpha value is -1.62. The largest absolute Gasteiger partial charge is 0.253 e. The van der Waals surface area contributed by atoms with Crippen molar-refractivity contribution >= 4 is 12.6 Å². The maximum atomic E-state index is 5.35. The predicted octanol–water partition coefficient (Wildman–Crippen LogP) is 1.99. The second-order valence-corrected chi connectivity index (χ2v) is 2.64. The summed E-state index contributed by atoms with van der Waals surface area (Å²) in [4.78, 5) is 8.07. The summed E-state index contributed by atoms with van der Waals surface area (Å²) in [7, 11) is 0. The topological polar surface area (TPSA) is 24.7 Å². The summed E-state index contributed by atoms with van der Waals surface area (Å²) in [6.07, 6.45) is 15.4. The Morgan fingerprint density at radius 2 is 2.54 bits per heavy atom. The lowest BCUT2D eigenvalue weighted by Gasteiger charge is -2.05. The molecule has 13 heavy (non-hydrogen) atoms. The van der Waals surface area contributed by atoms with Crippen LogP contribution in [0.2, 0.25) is 0 Å². The maximum Gasteiger partial charge on any atom is 0.133 e. The quantitative estimate of drug-likeness (QED) is 0.540. The second kappa shape index (κ2) is 5.10. The summed E-state index contributed by atoms with van der Waals surface area (Å²) in [5, 5.41) is 0. The standard InChI is InChI=1S/C11H12N2/c1-3-5-6-10-7-8-12-9-13-11(10)4-2/h2-3,5-6,8-9,11H,7H2,1H3/b5-3-,10-6-. The number of hydrogen-bond donors (Lipinski definition) is 0. The van der Waals surface area contributed by atoms with Gasteiger partial charge in [-0.1, -0.05) is 24.1 Å². The van der Waals surface area contributed by atoms with E-state index in [2.05, 4.69) is 15.9 Å². The summed E-state index contributed by atoms with van der Waals surface area (Å²) >= 11 is 0. The lowest BCUT2D eigenvalue weighted by Crippen LogP contribution is -2.04. The van der Waals surface area contributed by atoms with Crippen LogP contribution in [0.4, 0.5) is 0 Å². The van der Waals surface area contributed by atoms with E-state index < -0.39 is 0 Å². The van der Waals surface area contributed by atoms with Crippen LogP contribution in [0, 0.1) is 12.3 Å². The Labute approximate surface area is 78.8 Å². The molecule has 66 valence electrons. The fraction of sp³-hybridized carbons (Fsp3) is 0.273. The number of allylic oxidation sites excluding steroid dienone is 3. The van der Waals surface area contributed by atoms with E-state index in [0.717, 1.165) is 12.0 Å². The third-order valence-electron chi connectivity index (χ3n) is 1.73. The number of nitrogens with zero attached hydrogens (tertiary/aromatic N) is 2. The van der Waals surface area contributed by atoms with Gasteiger partial charge in [-0.2, -0.15) is 0 Å². The average Bonchev–Trinajstić information content (AvgIpc) is 2.39. The van der Waals surface area contributed by atoms with Crippen molar-refractivity contribution in [2.45, 2.75) is 19.4 Å². The molecule has 0 saturated carbocycles. The van der Waals surface area contributed by atoms with Gasteiger partial charge in [-0.25, -0.2) is 4.99 Å². The first kappa shape index (κ1) is 9.47. The molecule has 1 unspecified atom stereocenters. The van der Waals surface area contributed by atoms with E-state index in [4.69, 9.17) is 6.42 Å². The van der Waals surface area contributed by atoms with E-state index in [1.54, 1.807) is 0 Å². The van der Waals surface area contributed by atoms with Crippen molar-refractivity contribution < 1.29 is 0 Å². The van der Waals surface area contributed by atoms with E-state index in [1.165, 1.54) is 6.34 Å². The van der Waals surface area contributed by atoms with Crippen molar-refractivity contribution in [3.05, 3.63) is 23.8 Å². The summed E-state index contributed by atoms with van der Waals surface area (Å²) in [5.74, 6) is 2.62. The molecule has 0 fully saturated rings. The summed E-state index contributed by atoms with van der Waals surface area (Å²) in [6, 6.07) is -0.154. The molecule has 0 saturated heterocycles. The fourth-order valence-electron chi connectivity index (χ4n) is 1.05. The normalized spacial score (nSPS) is 24.9. The van der Waals surface area contributed by atoms with Gasteiger partial charge in [0, 0.05) is 12.6 Å². The molecule has 0 amide bonds. The Morgan fingerprint density at radius 3 is 3.23 bits per heavy atom.